The maximum Gasteiger partial charge on any atom is 0.191 e. The van der Waals surface area contributed by atoms with Gasteiger partial charge in [-0.05, 0) is 44.1 Å². The van der Waals surface area contributed by atoms with Crippen molar-refractivity contribution in [2.45, 2.75) is 62.8 Å². The zero-order valence-corrected chi connectivity index (χ0v) is 18.9. The molecule has 2 N–H and O–H groups in total. The molecular weight excluding hydrogens is 400 g/mol. The summed E-state index contributed by atoms with van der Waals surface area (Å²) in [6, 6.07) is 4.37. The van der Waals surface area contributed by atoms with Gasteiger partial charge < -0.3 is 24.4 Å². The minimum atomic E-state index is 0.518. The fraction of sp³-hybridized carbons (Fsp3) is 0.667. The van der Waals surface area contributed by atoms with Gasteiger partial charge >= 0.3 is 0 Å². The molecule has 1 aliphatic carbocycles. The van der Waals surface area contributed by atoms with Crippen LogP contribution < -0.4 is 10.6 Å². The molecule has 0 atom stereocenters. The van der Waals surface area contributed by atoms with Crippen molar-refractivity contribution in [1.29, 1.82) is 0 Å². The van der Waals surface area contributed by atoms with Gasteiger partial charge in [-0.25, -0.2) is 0 Å². The highest BCUT2D eigenvalue weighted by Gasteiger charge is 2.23. The van der Waals surface area contributed by atoms with E-state index in [9.17, 15) is 0 Å². The van der Waals surface area contributed by atoms with Crippen LogP contribution >= 0.6 is 11.8 Å². The molecule has 9 heteroatoms. The van der Waals surface area contributed by atoms with Crippen LogP contribution in [0.25, 0.3) is 0 Å². The molecule has 2 aromatic heterocycles. The van der Waals surface area contributed by atoms with Crippen molar-refractivity contribution in [3.63, 3.8) is 0 Å². The first-order valence-electron chi connectivity index (χ1n) is 10.8. The molecule has 0 saturated heterocycles. The Morgan fingerprint density at radius 2 is 2.07 bits per heavy atom. The van der Waals surface area contributed by atoms with Crippen molar-refractivity contribution in [2.24, 2.45) is 4.99 Å². The van der Waals surface area contributed by atoms with E-state index in [0.717, 1.165) is 55.1 Å². The number of thioether (sulfide) groups is 1. The molecule has 0 spiro atoms. The summed E-state index contributed by atoms with van der Waals surface area (Å²) in [5.74, 6) is 2.79. The average molecular weight is 435 g/mol. The molecule has 1 aliphatic rings. The zero-order valence-electron chi connectivity index (χ0n) is 18.1. The molecule has 1 fully saturated rings. The SMILES string of the molecule is CN=C(NCCCOCc1ccco1)NCCCc1nnc(SC)n1C1CCCC1. The molecule has 0 radical (unpaired) electrons. The molecular formula is C21H34N6O2S. The summed E-state index contributed by atoms with van der Waals surface area (Å²) in [7, 11) is 1.80. The smallest absolute Gasteiger partial charge is 0.191 e. The van der Waals surface area contributed by atoms with Gasteiger partial charge in [0.05, 0.1) is 6.26 Å². The van der Waals surface area contributed by atoms with Crippen LogP contribution in [0.2, 0.25) is 0 Å². The Bertz CT molecular complexity index is 756. The van der Waals surface area contributed by atoms with Crippen LogP contribution in [0.5, 0.6) is 0 Å². The highest BCUT2D eigenvalue weighted by molar-refractivity contribution is 7.98. The van der Waals surface area contributed by atoms with Crippen molar-refractivity contribution in [3.05, 3.63) is 30.0 Å². The van der Waals surface area contributed by atoms with Gasteiger partial charge in [0.2, 0.25) is 0 Å². The number of hydrogen-bond acceptors (Lipinski definition) is 6. The van der Waals surface area contributed by atoms with E-state index in [2.05, 4.69) is 36.6 Å². The maximum absolute atomic E-state index is 5.59. The van der Waals surface area contributed by atoms with Crippen LogP contribution in [-0.4, -0.2) is 53.7 Å². The lowest BCUT2D eigenvalue weighted by molar-refractivity contribution is 0.105. The Morgan fingerprint density at radius 3 is 2.77 bits per heavy atom. The van der Waals surface area contributed by atoms with Gasteiger partial charge in [0, 0.05) is 39.2 Å². The van der Waals surface area contributed by atoms with Crippen LogP contribution in [0, 0.1) is 0 Å². The fourth-order valence-corrected chi connectivity index (χ4v) is 4.34. The second-order valence-electron chi connectivity index (χ2n) is 7.43. The van der Waals surface area contributed by atoms with Crippen LogP contribution in [0.1, 0.15) is 56.2 Å². The summed E-state index contributed by atoms with van der Waals surface area (Å²) in [6.45, 7) is 2.86. The third kappa shape index (κ3) is 6.77. The number of aryl methyl sites for hydroxylation is 1. The van der Waals surface area contributed by atoms with E-state index in [1.807, 2.05) is 12.1 Å². The number of aliphatic imine (C=N–C) groups is 1. The predicted octanol–water partition coefficient (Wildman–Crippen LogP) is 3.41. The number of furan rings is 1. The van der Waals surface area contributed by atoms with E-state index in [4.69, 9.17) is 9.15 Å². The first-order chi connectivity index (χ1) is 14.8. The molecule has 1 saturated carbocycles. The molecule has 0 aromatic carbocycles. The second kappa shape index (κ2) is 12.6. The van der Waals surface area contributed by atoms with Crippen LogP contribution in [0.4, 0.5) is 0 Å². The molecule has 2 aromatic rings. The van der Waals surface area contributed by atoms with Gasteiger partial charge in [-0.15, -0.1) is 10.2 Å². The zero-order chi connectivity index (χ0) is 21.0. The number of hydrogen-bond donors (Lipinski definition) is 2. The standard InChI is InChI=1S/C21H34N6O2S/c1-22-20(24-13-7-14-28-16-18-10-6-15-29-18)23-12-5-11-19-25-26-21(30-2)27(19)17-8-3-4-9-17/h6,10,15,17H,3-5,7-9,11-14,16H2,1-2H3,(H2,22,23,24). The van der Waals surface area contributed by atoms with E-state index < -0.39 is 0 Å². The topological polar surface area (TPSA) is 89.5 Å². The van der Waals surface area contributed by atoms with Gasteiger partial charge in [0.15, 0.2) is 11.1 Å². The summed E-state index contributed by atoms with van der Waals surface area (Å²) in [6.07, 6.45) is 11.7. The Hall–Kier alpha value is -2.00. The van der Waals surface area contributed by atoms with Crippen LogP contribution in [-0.2, 0) is 17.8 Å². The van der Waals surface area contributed by atoms with Crippen LogP contribution in [0.3, 0.4) is 0 Å². The highest BCUT2D eigenvalue weighted by atomic mass is 32.2. The summed E-state index contributed by atoms with van der Waals surface area (Å²) in [5, 5.41) is 16.6. The third-order valence-corrected chi connectivity index (χ3v) is 5.93. The Balaban J connectivity index is 1.31. The number of ether oxygens (including phenoxy) is 1. The van der Waals surface area contributed by atoms with E-state index in [1.165, 1.54) is 25.7 Å². The van der Waals surface area contributed by atoms with E-state index in [-0.39, 0.29) is 0 Å². The van der Waals surface area contributed by atoms with Gasteiger partial charge in [-0.3, -0.25) is 4.99 Å². The van der Waals surface area contributed by atoms with Gasteiger partial charge in [-0.2, -0.15) is 0 Å². The Labute approximate surface area is 183 Å². The number of rotatable bonds is 12. The number of aromatic nitrogens is 3. The number of guanidine groups is 1. The summed E-state index contributed by atoms with van der Waals surface area (Å²) < 4.78 is 13.2. The molecule has 8 nitrogen and oxygen atoms in total. The molecule has 30 heavy (non-hydrogen) atoms. The Kier molecular flexibility index (Phi) is 9.56. The fourth-order valence-electron chi connectivity index (χ4n) is 3.77. The molecule has 166 valence electrons. The average Bonchev–Trinajstić information content (AvgIpc) is 3.53. The van der Waals surface area contributed by atoms with Gasteiger partial charge in [0.25, 0.3) is 0 Å². The van der Waals surface area contributed by atoms with Crippen molar-refractivity contribution in [1.82, 2.24) is 25.4 Å². The molecule has 0 unspecified atom stereocenters. The lowest BCUT2D eigenvalue weighted by Crippen LogP contribution is -2.38. The third-order valence-electron chi connectivity index (χ3n) is 5.28. The molecule has 0 bridgehead atoms. The number of nitrogens with zero attached hydrogens (tertiary/aromatic N) is 4. The quantitative estimate of drug-likeness (QED) is 0.229. The summed E-state index contributed by atoms with van der Waals surface area (Å²) in [4.78, 5) is 4.29. The van der Waals surface area contributed by atoms with E-state index >= 15 is 0 Å². The first kappa shape index (κ1) is 22.7. The Morgan fingerprint density at radius 1 is 1.27 bits per heavy atom. The number of nitrogens with one attached hydrogen (secondary N) is 2. The molecule has 2 heterocycles. The van der Waals surface area contributed by atoms with Crippen molar-refractivity contribution in [3.8, 4) is 0 Å². The summed E-state index contributed by atoms with van der Waals surface area (Å²) in [5.41, 5.74) is 0. The van der Waals surface area contributed by atoms with E-state index in [1.54, 1.807) is 25.1 Å². The summed E-state index contributed by atoms with van der Waals surface area (Å²) >= 11 is 1.69. The monoisotopic (exact) mass is 434 g/mol. The second-order valence-corrected chi connectivity index (χ2v) is 8.20. The van der Waals surface area contributed by atoms with Gasteiger partial charge in [0.1, 0.15) is 18.2 Å². The molecule has 3 rings (SSSR count). The lowest BCUT2D eigenvalue weighted by atomic mass is 10.2. The van der Waals surface area contributed by atoms with Gasteiger partial charge in [-0.1, -0.05) is 24.6 Å². The molecule has 0 amide bonds. The van der Waals surface area contributed by atoms with Crippen LogP contribution in [0.15, 0.2) is 33.0 Å². The molecule has 0 aliphatic heterocycles. The largest absolute Gasteiger partial charge is 0.467 e. The predicted molar refractivity (Wildman–Crippen MR) is 120 cm³/mol. The van der Waals surface area contributed by atoms with E-state index in [0.29, 0.717) is 19.3 Å². The maximum atomic E-state index is 5.59. The minimum Gasteiger partial charge on any atom is -0.467 e. The highest BCUT2D eigenvalue weighted by Crippen LogP contribution is 2.33. The van der Waals surface area contributed by atoms with Crippen molar-refractivity contribution >= 4 is 17.7 Å². The minimum absolute atomic E-state index is 0.518. The normalized spacial score (nSPS) is 15.1. The lowest BCUT2D eigenvalue weighted by Gasteiger charge is -2.16. The first-order valence-corrected chi connectivity index (χ1v) is 12.1. The van der Waals surface area contributed by atoms with Crippen molar-refractivity contribution in [2.75, 3.05) is 33.0 Å². The van der Waals surface area contributed by atoms with Crippen molar-refractivity contribution < 1.29 is 9.15 Å².